The first-order valence-corrected chi connectivity index (χ1v) is 6.79. The summed E-state index contributed by atoms with van der Waals surface area (Å²) in [6, 6.07) is 4.07. The van der Waals surface area contributed by atoms with Crippen molar-refractivity contribution in [2.75, 3.05) is 13.1 Å². The predicted octanol–water partition coefficient (Wildman–Crippen LogP) is 1.60. The van der Waals surface area contributed by atoms with Crippen LogP contribution >= 0.6 is 0 Å². The van der Waals surface area contributed by atoms with Crippen LogP contribution in [-0.4, -0.2) is 44.0 Å². The largest absolute Gasteiger partial charge is 0.507 e. The second-order valence-electron chi connectivity index (χ2n) is 5.04. The SMILES string of the molecule is O=C(c1c(O)cccc1F)N1CCC(n2ccnn2)CC1. The van der Waals surface area contributed by atoms with E-state index in [0.717, 1.165) is 12.8 Å². The number of rotatable bonds is 2. The summed E-state index contributed by atoms with van der Waals surface area (Å²) in [4.78, 5) is 13.9. The summed E-state index contributed by atoms with van der Waals surface area (Å²) in [6.45, 7) is 0.994. The number of hydrogen-bond acceptors (Lipinski definition) is 4. The van der Waals surface area contributed by atoms with Crippen LogP contribution in [-0.2, 0) is 0 Å². The standard InChI is InChI=1S/C14H15FN4O2/c15-11-2-1-3-12(20)13(11)14(21)18-7-4-10(5-8-18)19-9-6-16-17-19/h1-3,6,9-10,20H,4-5,7-8H2. The fraction of sp³-hybridized carbons (Fsp3) is 0.357. The molecule has 0 aliphatic carbocycles. The molecule has 1 aromatic carbocycles. The number of carbonyl (C=O) groups is 1. The average Bonchev–Trinajstić information content (AvgIpc) is 3.01. The Balaban J connectivity index is 1.71. The van der Waals surface area contributed by atoms with Gasteiger partial charge in [0.1, 0.15) is 17.1 Å². The summed E-state index contributed by atoms with van der Waals surface area (Å²) in [6.07, 6.45) is 4.87. The van der Waals surface area contributed by atoms with Gasteiger partial charge in [-0.2, -0.15) is 0 Å². The van der Waals surface area contributed by atoms with Crippen LogP contribution in [0, 0.1) is 5.82 Å². The molecule has 1 amide bonds. The molecule has 1 N–H and O–H groups in total. The van der Waals surface area contributed by atoms with Crippen molar-refractivity contribution in [2.24, 2.45) is 0 Å². The fourth-order valence-corrected chi connectivity index (χ4v) is 2.63. The third kappa shape index (κ3) is 2.58. The van der Waals surface area contributed by atoms with Gasteiger partial charge >= 0.3 is 0 Å². The van der Waals surface area contributed by atoms with Crippen molar-refractivity contribution < 1.29 is 14.3 Å². The molecule has 7 heteroatoms. The van der Waals surface area contributed by atoms with Crippen LogP contribution < -0.4 is 0 Å². The highest BCUT2D eigenvalue weighted by atomic mass is 19.1. The molecule has 3 rings (SSSR count). The Labute approximate surface area is 120 Å². The first-order valence-electron chi connectivity index (χ1n) is 6.79. The maximum Gasteiger partial charge on any atom is 0.260 e. The molecular weight excluding hydrogens is 275 g/mol. The highest BCUT2D eigenvalue weighted by Gasteiger charge is 2.28. The third-order valence-corrected chi connectivity index (χ3v) is 3.77. The van der Waals surface area contributed by atoms with E-state index in [0.29, 0.717) is 13.1 Å². The van der Waals surface area contributed by atoms with E-state index in [1.165, 1.54) is 18.2 Å². The maximum atomic E-state index is 13.7. The smallest absolute Gasteiger partial charge is 0.260 e. The van der Waals surface area contributed by atoms with Crippen LogP contribution in [0.4, 0.5) is 4.39 Å². The molecule has 2 aromatic rings. The Morgan fingerprint density at radius 1 is 1.33 bits per heavy atom. The lowest BCUT2D eigenvalue weighted by Gasteiger charge is -2.32. The molecule has 110 valence electrons. The van der Waals surface area contributed by atoms with E-state index in [2.05, 4.69) is 10.3 Å². The molecule has 1 fully saturated rings. The number of nitrogens with zero attached hydrogens (tertiary/aromatic N) is 4. The molecule has 0 saturated carbocycles. The maximum absolute atomic E-state index is 13.7. The summed E-state index contributed by atoms with van der Waals surface area (Å²) < 4.78 is 15.5. The molecule has 6 nitrogen and oxygen atoms in total. The van der Waals surface area contributed by atoms with Gasteiger partial charge in [0.05, 0.1) is 12.2 Å². The van der Waals surface area contributed by atoms with Gasteiger partial charge in [-0.25, -0.2) is 9.07 Å². The van der Waals surface area contributed by atoms with Crippen LogP contribution in [0.5, 0.6) is 5.75 Å². The Bertz CT molecular complexity index is 616. The van der Waals surface area contributed by atoms with Gasteiger partial charge < -0.3 is 10.0 Å². The van der Waals surface area contributed by atoms with E-state index in [9.17, 15) is 14.3 Å². The Kier molecular flexibility index (Phi) is 3.55. The van der Waals surface area contributed by atoms with Crippen molar-refractivity contribution in [1.82, 2.24) is 19.9 Å². The average molecular weight is 290 g/mol. The molecule has 1 aliphatic heterocycles. The number of piperidine rings is 1. The van der Waals surface area contributed by atoms with Crippen molar-refractivity contribution in [2.45, 2.75) is 18.9 Å². The molecule has 0 unspecified atom stereocenters. The van der Waals surface area contributed by atoms with Crippen molar-refractivity contribution in [3.05, 3.63) is 42.0 Å². The number of aromatic hydroxyl groups is 1. The van der Waals surface area contributed by atoms with Crippen LogP contribution in [0.2, 0.25) is 0 Å². The lowest BCUT2D eigenvalue weighted by Crippen LogP contribution is -2.39. The zero-order valence-corrected chi connectivity index (χ0v) is 11.3. The molecule has 1 aromatic heterocycles. The monoisotopic (exact) mass is 290 g/mol. The number of hydrogen-bond donors (Lipinski definition) is 1. The van der Waals surface area contributed by atoms with Gasteiger partial charge in [-0.05, 0) is 25.0 Å². The number of aromatic nitrogens is 3. The van der Waals surface area contributed by atoms with E-state index < -0.39 is 11.7 Å². The zero-order chi connectivity index (χ0) is 14.8. The second-order valence-corrected chi connectivity index (χ2v) is 5.04. The van der Waals surface area contributed by atoms with Gasteiger partial charge in [-0.1, -0.05) is 11.3 Å². The molecule has 1 saturated heterocycles. The predicted molar refractivity (Wildman–Crippen MR) is 72.3 cm³/mol. The quantitative estimate of drug-likeness (QED) is 0.912. The normalized spacial score (nSPS) is 16.1. The van der Waals surface area contributed by atoms with E-state index in [4.69, 9.17) is 0 Å². The zero-order valence-electron chi connectivity index (χ0n) is 11.3. The van der Waals surface area contributed by atoms with Gasteiger partial charge in [0, 0.05) is 19.3 Å². The highest BCUT2D eigenvalue weighted by molar-refractivity contribution is 5.97. The van der Waals surface area contributed by atoms with Crippen molar-refractivity contribution in [3.8, 4) is 5.75 Å². The summed E-state index contributed by atoms with van der Waals surface area (Å²) in [5.74, 6) is -1.49. The number of phenols is 1. The van der Waals surface area contributed by atoms with Gasteiger partial charge in [-0.15, -0.1) is 5.10 Å². The number of likely N-dealkylation sites (tertiary alicyclic amines) is 1. The second kappa shape index (κ2) is 5.51. The van der Waals surface area contributed by atoms with Gasteiger partial charge in [-0.3, -0.25) is 4.79 Å². The minimum absolute atomic E-state index is 0.200. The van der Waals surface area contributed by atoms with E-state index in [1.54, 1.807) is 22.0 Å². The molecule has 21 heavy (non-hydrogen) atoms. The number of halogens is 1. The van der Waals surface area contributed by atoms with E-state index in [-0.39, 0.29) is 17.4 Å². The Hall–Kier alpha value is -2.44. The van der Waals surface area contributed by atoms with Crippen molar-refractivity contribution in [3.63, 3.8) is 0 Å². The number of benzene rings is 1. The summed E-state index contributed by atoms with van der Waals surface area (Å²) in [5.41, 5.74) is -0.253. The van der Waals surface area contributed by atoms with Gasteiger partial charge in [0.2, 0.25) is 0 Å². The van der Waals surface area contributed by atoms with Gasteiger partial charge in [0.15, 0.2) is 0 Å². The Morgan fingerprint density at radius 3 is 2.71 bits per heavy atom. The van der Waals surface area contributed by atoms with E-state index in [1.807, 2.05) is 0 Å². The summed E-state index contributed by atoms with van der Waals surface area (Å²) >= 11 is 0. The minimum atomic E-state index is -0.696. The third-order valence-electron chi connectivity index (χ3n) is 3.77. The fourth-order valence-electron chi connectivity index (χ4n) is 2.63. The highest BCUT2D eigenvalue weighted by Crippen LogP contribution is 2.26. The van der Waals surface area contributed by atoms with Gasteiger partial charge in [0.25, 0.3) is 5.91 Å². The van der Waals surface area contributed by atoms with Crippen LogP contribution in [0.1, 0.15) is 29.2 Å². The van der Waals surface area contributed by atoms with Crippen molar-refractivity contribution in [1.29, 1.82) is 0 Å². The lowest BCUT2D eigenvalue weighted by molar-refractivity contribution is 0.0681. The summed E-state index contributed by atoms with van der Waals surface area (Å²) in [5, 5.41) is 17.4. The van der Waals surface area contributed by atoms with Crippen LogP contribution in [0.15, 0.2) is 30.6 Å². The Morgan fingerprint density at radius 2 is 2.10 bits per heavy atom. The molecule has 0 atom stereocenters. The molecule has 1 aliphatic rings. The topological polar surface area (TPSA) is 71.2 Å². The molecule has 0 radical (unpaired) electrons. The molecule has 0 spiro atoms. The number of amides is 1. The molecule has 2 heterocycles. The van der Waals surface area contributed by atoms with Crippen LogP contribution in [0.3, 0.4) is 0 Å². The molecule has 0 bridgehead atoms. The molecular formula is C14H15FN4O2. The summed E-state index contributed by atoms with van der Waals surface area (Å²) in [7, 11) is 0. The first kappa shape index (κ1) is 13.5. The lowest BCUT2D eigenvalue weighted by atomic mass is 10.0. The van der Waals surface area contributed by atoms with E-state index >= 15 is 0 Å². The van der Waals surface area contributed by atoms with Crippen molar-refractivity contribution >= 4 is 5.91 Å². The number of phenolic OH excluding ortho intramolecular Hbond substituents is 1. The first-order chi connectivity index (χ1) is 10.2. The minimum Gasteiger partial charge on any atom is -0.507 e. The van der Waals surface area contributed by atoms with Crippen LogP contribution in [0.25, 0.3) is 0 Å². The number of carbonyl (C=O) groups excluding carboxylic acids is 1.